The standard InChI is InChI=1S/C19H24F6O7/c1-10(2)14(27)31-12-7-5-11(6-8-12)16(3,4)32-13(26)9-30-15(28)17(29,18(20,21)22)19(23,24)25/h11-12,29H,1,5-9H2,2-4H3. The molecule has 0 amide bonds. The maximum Gasteiger partial charge on any atom is 0.437 e. The van der Waals surface area contributed by atoms with Crippen molar-refractivity contribution < 1.29 is 60.0 Å². The minimum Gasteiger partial charge on any atom is -0.459 e. The predicted octanol–water partition coefficient (Wildman–Crippen LogP) is 3.39. The van der Waals surface area contributed by atoms with Crippen molar-refractivity contribution in [3.05, 3.63) is 12.2 Å². The van der Waals surface area contributed by atoms with Gasteiger partial charge in [0.05, 0.1) is 0 Å². The zero-order valence-electron chi connectivity index (χ0n) is 17.6. The van der Waals surface area contributed by atoms with Crippen molar-refractivity contribution in [2.45, 2.75) is 76.1 Å². The number of halogens is 6. The second kappa shape index (κ2) is 9.67. The Morgan fingerprint density at radius 2 is 1.44 bits per heavy atom. The van der Waals surface area contributed by atoms with E-state index < -0.39 is 48.1 Å². The van der Waals surface area contributed by atoms with E-state index in [4.69, 9.17) is 14.6 Å². The average Bonchev–Trinajstić information content (AvgIpc) is 2.63. The third-order valence-corrected chi connectivity index (χ3v) is 5.09. The Morgan fingerprint density at radius 3 is 1.84 bits per heavy atom. The molecule has 32 heavy (non-hydrogen) atoms. The van der Waals surface area contributed by atoms with Crippen molar-refractivity contribution in [2.75, 3.05) is 6.61 Å². The summed E-state index contributed by atoms with van der Waals surface area (Å²) in [4.78, 5) is 34.8. The molecule has 13 heteroatoms. The van der Waals surface area contributed by atoms with Crippen LogP contribution in [0.25, 0.3) is 0 Å². The molecule has 0 atom stereocenters. The molecule has 1 saturated carbocycles. The lowest BCUT2D eigenvalue weighted by Gasteiger charge is -2.38. The molecule has 1 N–H and O–H groups in total. The number of hydrogen-bond acceptors (Lipinski definition) is 7. The Labute approximate surface area is 179 Å². The van der Waals surface area contributed by atoms with Gasteiger partial charge in [-0.25, -0.2) is 14.4 Å². The van der Waals surface area contributed by atoms with Crippen molar-refractivity contribution in [1.82, 2.24) is 0 Å². The predicted molar refractivity (Wildman–Crippen MR) is 94.8 cm³/mol. The average molecular weight is 478 g/mol. The number of rotatable bonds is 7. The van der Waals surface area contributed by atoms with E-state index in [2.05, 4.69) is 11.3 Å². The van der Waals surface area contributed by atoms with Gasteiger partial charge in [0.15, 0.2) is 6.61 Å². The fourth-order valence-electron chi connectivity index (χ4n) is 3.16. The summed E-state index contributed by atoms with van der Waals surface area (Å²) < 4.78 is 89.8. The molecular weight excluding hydrogens is 454 g/mol. The lowest BCUT2D eigenvalue weighted by Crippen LogP contribution is -2.63. The van der Waals surface area contributed by atoms with Crippen LogP contribution in [0.15, 0.2) is 12.2 Å². The van der Waals surface area contributed by atoms with E-state index in [9.17, 15) is 40.7 Å². The molecule has 1 aliphatic carbocycles. The van der Waals surface area contributed by atoms with Gasteiger partial charge in [0.25, 0.3) is 0 Å². The molecule has 0 saturated heterocycles. The first-order valence-electron chi connectivity index (χ1n) is 9.44. The maximum atomic E-state index is 12.6. The molecule has 0 heterocycles. The SMILES string of the molecule is C=C(C)C(=O)OC1CCC(C(C)(C)OC(=O)COC(=O)C(O)(C(F)(F)F)C(F)(F)F)CC1. The molecule has 0 aromatic heterocycles. The first-order chi connectivity index (χ1) is 14.3. The van der Waals surface area contributed by atoms with Gasteiger partial charge in [0, 0.05) is 5.57 Å². The fourth-order valence-corrected chi connectivity index (χ4v) is 3.16. The highest BCUT2D eigenvalue weighted by Crippen LogP contribution is 2.44. The number of aliphatic hydroxyl groups is 1. The monoisotopic (exact) mass is 478 g/mol. The summed E-state index contributed by atoms with van der Waals surface area (Å²) in [5.74, 6) is -5.30. The Morgan fingerprint density at radius 1 is 0.969 bits per heavy atom. The lowest BCUT2D eigenvalue weighted by atomic mass is 9.77. The van der Waals surface area contributed by atoms with Crippen molar-refractivity contribution in [3.63, 3.8) is 0 Å². The largest absolute Gasteiger partial charge is 0.459 e. The van der Waals surface area contributed by atoms with Gasteiger partial charge in [-0.15, -0.1) is 0 Å². The summed E-state index contributed by atoms with van der Waals surface area (Å²) in [7, 11) is 0. The third kappa shape index (κ3) is 6.36. The molecular formula is C19H24F6O7. The summed E-state index contributed by atoms with van der Waals surface area (Å²) in [6.45, 7) is 6.34. The second-order valence-electron chi connectivity index (χ2n) is 8.02. The van der Waals surface area contributed by atoms with Crippen LogP contribution in [0.5, 0.6) is 0 Å². The van der Waals surface area contributed by atoms with Crippen LogP contribution in [0.4, 0.5) is 26.3 Å². The molecule has 1 aliphatic rings. The lowest BCUT2D eigenvalue weighted by molar-refractivity contribution is -0.356. The number of ether oxygens (including phenoxy) is 3. The van der Waals surface area contributed by atoms with Gasteiger partial charge in [-0.2, -0.15) is 26.3 Å². The van der Waals surface area contributed by atoms with Crippen molar-refractivity contribution in [1.29, 1.82) is 0 Å². The number of carbonyl (C=O) groups is 3. The second-order valence-corrected chi connectivity index (χ2v) is 8.02. The van der Waals surface area contributed by atoms with E-state index in [0.29, 0.717) is 25.7 Å². The van der Waals surface area contributed by atoms with Crippen LogP contribution in [0.2, 0.25) is 0 Å². The Hall–Kier alpha value is -2.31. The first kappa shape index (κ1) is 27.7. The summed E-state index contributed by atoms with van der Waals surface area (Å²) in [5.41, 5.74) is -6.76. The van der Waals surface area contributed by atoms with Gasteiger partial charge < -0.3 is 19.3 Å². The normalized spacial score (nSPS) is 20.3. The molecule has 0 bridgehead atoms. The number of esters is 3. The minimum absolute atomic E-state index is 0.235. The molecule has 1 fully saturated rings. The summed E-state index contributed by atoms with van der Waals surface area (Å²) in [6.07, 6.45) is -11.5. The van der Waals surface area contributed by atoms with Crippen LogP contribution in [0.3, 0.4) is 0 Å². The summed E-state index contributed by atoms with van der Waals surface area (Å²) in [5, 5.41) is 8.91. The van der Waals surface area contributed by atoms with E-state index in [-0.39, 0.29) is 17.6 Å². The van der Waals surface area contributed by atoms with Crippen LogP contribution in [-0.4, -0.2) is 59.3 Å². The van der Waals surface area contributed by atoms with Gasteiger partial charge in [0.2, 0.25) is 0 Å². The van der Waals surface area contributed by atoms with Gasteiger partial charge in [-0.05, 0) is 52.4 Å². The molecule has 0 aliphatic heterocycles. The molecule has 0 aromatic carbocycles. The maximum absolute atomic E-state index is 12.6. The van der Waals surface area contributed by atoms with E-state index >= 15 is 0 Å². The van der Waals surface area contributed by atoms with Crippen molar-refractivity contribution in [2.24, 2.45) is 5.92 Å². The fraction of sp³-hybridized carbons (Fsp3) is 0.737. The zero-order valence-corrected chi connectivity index (χ0v) is 17.6. The Kier molecular flexibility index (Phi) is 8.38. The van der Waals surface area contributed by atoms with Gasteiger partial charge in [0.1, 0.15) is 11.7 Å². The van der Waals surface area contributed by atoms with E-state index in [1.165, 1.54) is 20.8 Å². The minimum atomic E-state index is -6.42. The van der Waals surface area contributed by atoms with Crippen LogP contribution >= 0.6 is 0 Å². The van der Waals surface area contributed by atoms with E-state index in [0.717, 1.165) is 0 Å². The number of alkyl halides is 6. The molecule has 0 radical (unpaired) electrons. The van der Waals surface area contributed by atoms with E-state index in [1.807, 2.05) is 0 Å². The van der Waals surface area contributed by atoms with Gasteiger partial charge >= 0.3 is 35.9 Å². The molecule has 0 aromatic rings. The van der Waals surface area contributed by atoms with Gasteiger partial charge in [-0.3, -0.25) is 0 Å². The van der Waals surface area contributed by atoms with Crippen LogP contribution in [-0.2, 0) is 28.6 Å². The molecule has 184 valence electrons. The topological polar surface area (TPSA) is 99.1 Å². The zero-order chi connectivity index (χ0) is 25.1. The van der Waals surface area contributed by atoms with Crippen LogP contribution < -0.4 is 0 Å². The van der Waals surface area contributed by atoms with Crippen LogP contribution in [0.1, 0.15) is 46.5 Å². The molecule has 0 spiro atoms. The highest BCUT2D eigenvalue weighted by molar-refractivity contribution is 5.87. The van der Waals surface area contributed by atoms with Crippen molar-refractivity contribution in [3.8, 4) is 0 Å². The summed E-state index contributed by atoms with van der Waals surface area (Å²) >= 11 is 0. The third-order valence-electron chi connectivity index (χ3n) is 5.09. The van der Waals surface area contributed by atoms with Gasteiger partial charge in [-0.1, -0.05) is 6.58 Å². The first-order valence-corrected chi connectivity index (χ1v) is 9.44. The number of hydrogen-bond donors (Lipinski definition) is 1. The molecule has 1 rings (SSSR count). The number of carbonyl (C=O) groups excluding carboxylic acids is 3. The quantitative estimate of drug-likeness (QED) is 0.259. The Balaban J connectivity index is 2.66. The molecule has 0 unspecified atom stereocenters. The smallest absolute Gasteiger partial charge is 0.437 e. The van der Waals surface area contributed by atoms with Crippen molar-refractivity contribution >= 4 is 17.9 Å². The highest BCUT2D eigenvalue weighted by Gasteiger charge is 2.76. The van der Waals surface area contributed by atoms with Crippen LogP contribution in [0, 0.1) is 5.92 Å². The molecule has 7 nitrogen and oxygen atoms in total. The van der Waals surface area contributed by atoms with E-state index in [1.54, 1.807) is 0 Å². The highest BCUT2D eigenvalue weighted by atomic mass is 19.4. The Bertz CT molecular complexity index is 719. The summed E-state index contributed by atoms with van der Waals surface area (Å²) in [6, 6.07) is 0.